The summed E-state index contributed by atoms with van der Waals surface area (Å²) >= 11 is 7.92. The van der Waals surface area contributed by atoms with Crippen molar-refractivity contribution in [3.63, 3.8) is 0 Å². The zero-order valence-electron chi connectivity index (χ0n) is 33.9. The minimum Gasteiger partial charge on any atom is -0.376 e. The maximum atomic E-state index is 13.3. The molecule has 7 rings (SSSR count). The number of rotatable bonds is 16. The molecule has 1 fully saturated rings. The molecule has 2 aromatic carbocycles. The number of imide groups is 1. The normalized spacial score (nSPS) is 16.2. The number of pyridine rings is 1. The predicted molar refractivity (Wildman–Crippen MR) is 232 cm³/mol. The summed E-state index contributed by atoms with van der Waals surface area (Å²) < 4.78 is 2.06. The van der Waals surface area contributed by atoms with Gasteiger partial charge < -0.3 is 16.0 Å². The van der Waals surface area contributed by atoms with Crippen LogP contribution in [0.25, 0.3) is 15.9 Å². The molecule has 1 saturated heterocycles. The number of benzene rings is 2. The Morgan fingerprint density at radius 3 is 2.34 bits per heavy atom. The molecule has 5 aromatic rings. The molecule has 2 atom stereocenters. The van der Waals surface area contributed by atoms with Gasteiger partial charge in [0.15, 0.2) is 5.82 Å². The zero-order valence-corrected chi connectivity index (χ0v) is 35.5. The Morgan fingerprint density at radius 1 is 0.898 bits per heavy atom. The third-order valence-corrected chi connectivity index (χ3v) is 12.5. The summed E-state index contributed by atoms with van der Waals surface area (Å²) in [4.78, 5) is 60.9. The fourth-order valence-corrected chi connectivity index (χ4v) is 9.11. The molecule has 0 saturated carbocycles. The lowest BCUT2D eigenvalue weighted by Gasteiger charge is -2.22. The number of aromatic nitrogens is 4. The number of unbranched alkanes of at least 4 members (excludes halogenated alkanes) is 5. The van der Waals surface area contributed by atoms with E-state index in [2.05, 4.69) is 49.9 Å². The van der Waals surface area contributed by atoms with Gasteiger partial charge in [-0.2, -0.15) is 0 Å². The van der Waals surface area contributed by atoms with Gasteiger partial charge in [0.05, 0.1) is 30.1 Å². The highest BCUT2D eigenvalue weighted by Gasteiger charge is 2.33. The summed E-state index contributed by atoms with van der Waals surface area (Å²) in [6, 6.07) is 14.9. The maximum Gasteiger partial charge on any atom is 0.239 e. The van der Waals surface area contributed by atoms with Crippen LogP contribution in [0.4, 0.5) is 5.69 Å². The summed E-state index contributed by atoms with van der Waals surface area (Å²) in [7, 11) is 0. The molecule has 5 heterocycles. The highest BCUT2D eigenvalue weighted by molar-refractivity contribution is 7.15. The Morgan fingerprint density at radius 2 is 1.61 bits per heavy atom. The molecule has 1 unspecified atom stereocenters. The van der Waals surface area contributed by atoms with E-state index in [-0.39, 0.29) is 42.5 Å². The first-order valence-electron chi connectivity index (χ1n) is 20.4. The third kappa shape index (κ3) is 9.71. The molecule has 0 radical (unpaired) electrons. The highest BCUT2D eigenvalue weighted by atomic mass is 35.5. The number of hydrogen-bond donors (Lipinski definition) is 4. The van der Waals surface area contributed by atoms with Crippen LogP contribution in [0.2, 0.25) is 5.02 Å². The van der Waals surface area contributed by atoms with Gasteiger partial charge in [-0.15, -0.1) is 21.5 Å². The van der Waals surface area contributed by atoms with Crippen LogP contribution in [0, 0.1) is 27.7 Å². The van der Waals surface area contributed by atoms with Gasteiger partial charge in [0.2, 0.25) is 23.6 Å². The number of thiophene rings is 1. The molecule has 4 amide bonds. The van der Waals surface area contributed by atoms with Crippen LogP contribution in [0.3, 0.4) is 0 Å². The van der Waals surface area contributed by atoms with Gasteiger partial charge in [0, 0.05) is 57.3 Å². The minimum absolute atomic E-state index is 0.0715. The monoisotopic (exact) mass is 835 g/mol. The summed E-state index contributed by atoms with van der Waals surface area (Å²) in [5.41, 5.74) is 7.10. The molecule has 4 N–H and O–H groups in total. The second-order valence-electron chi connectivity index (χ2n) is 15.4. The van der Waals surface area contributed by atoms with E-state index in [1.165, 1.54) is 4.88 Å². The second-order valence-corrected chi connectivity index (χ2v) is 17.0. The number of aryl methyl sites for hydroxylation is 3. The zero-order chi connectivity index (χ0) is 41.6. The van der Waals surface area contributed by atoms with Crippen LogP contribution in [-0.4, -0.2) is 68.7 Å². The molecule has 2 aliphatic rings. The number of carbonyl (C=O) groups excluding carboxylic acids is 4. The number of fused-ring (bicyclic) bond motifs is 4. The fraction of sp³-hybridized carbons (Fsp3) is 0.409. The minimum atomic E-state index is -0.499. The van der Waals surface area contributed by atoms with E-state index in [4.69, 9.17) is 21.6 Å². The van der Waals surface area contributed by atoms with Crippen LogP contribution < -0.4 is 21.3 Å². The number of nitrogens with zero attached hydrogens (tertiary/aromatic N) is 5. The van der Waals surface area contributed by atoms with E-state index in [1.807, 2.05) is 62.4 Å². The van der Waals surface area contributed by atoms with E-state index in [1.54, 1.807) is 11.3 Å². The lowest BCUT2D eigenvalue weighted by molar-refractivity contribution is -0.134. The molecule has 13 nitrogen and oxygen atoms in total. The summed E-state index contributed by atoms with van der Waals surface area (Å²) in [5, 5.41) is 23.2. The molecule has 3 aromatic heterocycles. The molecule has 0 aliphatic carbocycles. The Balaban J connectivity index is 0.800. The van der Waals surface area contributed by atoms with Crippen molar-refractivity contribution in [2.45, 2.75) is 97.4 Å². The molecular weight excluding hydrogens is 786 g/mol. The van der Waals surface area contributed by atoms with E-state index in [0.717, 1.165) is 99.6 Å². The Bertz CT molecular complexity index is 2420. The highest BCUT2D eigenvalue weighted by Crippen LogP contribution is 2.39. The number of hydrogen-bond acceptors (Lipinski definition) is 10. The largest absolute Gasteiger partial charge is 0.376 e. The van der Waals surface area contributed by atoms with Crippen molar-refractivity contribution in [1.82, 2.24) is 35.7 Å². The van der Waals surface area contributed by atoms with Crippen LogP contribution in [0.1, 0.15) is 114 Å². The maximum absolute atomic E-state index is 13.3. The van der Waals surface area contributed by atoms with E-state index in [0.29, 0.717) is 36.8 Å². The molecular formula is C44H50ClN9O4S. The Hall–Kier alpha value is -5.47. The Labute approximate surface area is 352 Å². The summed E-state index contributed by atoms with van der Waals surface area (Å²) in [5.74, 6) is 0.377. The van der Waals surface area contributed by atoms with E-state index < -0.39 is 6.04 Å². The topological polar surface area (TPSA) is 172 Å². The Kier molecular flexibility index (Phi) is 13.2. The van der Waals surface area contributed by atoms with Gasteiger partial charge in [-0.25, -0.2) is 0 Å². The lowest BCUT2D eigenvalue weighted by atomic mass is 9.89. The number of nitrogens with one attached hydrogen (secondary N) is 4. The molecule has 2 aliphatic heterocycles. The standard InChI is InChI=1S/C44H50ClN9O4S/c1-25-27(3)59-44-40(25)41(29-11-14-31(45)15-12-29)50-36(42-53-52-28(4)54(42)44)23-38(56)46-19-9-7-5-6-8-10-20-47-39(57)24-48-32-16-13-30-21-34(26(2)49-35(30)22-32)33-17-18-37(55)51-43(33)58/h11-16,21-22,33,36,48H,5-10,17-20,23-24H2,1-4H3,(H,46,56)(H,47,57)(H,51,55,58)/t33?,36-/m0/s1. The number of amides is 4. The van der Waals surface area contributed by atoms with Crippen molar-refractivity contribution < 1.29 is 19.2 Å². The van der Waals surface area contributed by atoms with E-state index >= 15 is 0 Å². The third-order valence-electron chi connectivity index (χ3n) is 11.1. The SMILES string of the molecule is Cc1nc2cc(NCC(=O)NCCCCCCCCNC(=O)C[C@@H]3N=C(c4ccc(Cl)cc4)c4c(sc(C)c4C)-n4c(C)nnc43)ccc2cc1C1CCC(=O)NC1=O. The van der Waals surface area contributed by atoms with Crippen LogP contribution in [0.15, 0.2) is 53.5 Å². The van der Waals surface area contributed by atoms with Gasteiger partial charge in [-0.1, -0.05) is 55.5 Å². The first-order valence-corrected chi connectivity index (χ1v) is 21.5. The average molecular weight is 836 g/mol. The smallest absolute Gasteiger partial charge is 0.239 e. The first-order chi connectivity index (χ1) is 28.5. The van der Waals surface area contributed by atoms with Crippen molar-refractivity contribution in [3.05, 3.63) is 98.0 Å². The predicted octanol–water partition coefficient (Wildman–Crippen LogP) is 7.25. The van der Waals surface area contributed by atoms with Gasteiger partial charge in [0.25, 0.3) is 0 Å². The molecule has 0 spiro atoms. The van der Waals surface area contributed by atoms with Crippen LogP contribution in [-0.2, 0) is 19.2 Å². The molecule has 308 valence electrons. The molecule has 0 bridgehead atoms. The number of carbonyl (C=O) groups is 4. The number of anilines is 1. The van der Waals surface area contributed by atoms with Crippen molar-refractivity contribution in [2.75, 3.05) is 25.0 Å². The average Bonchev–Trinajstić information content (AvgIpc) is 3.69. The summed E-state index contributed by atoms with van der Waals surface area (Å²) in [6.45, 7) is 9.38. The van der Waals surface area contributed by atoms with Crippen molar-refractivity contribution in [2.24, 2.45) is 4.99 Å². The van der Waals surface area contributed by atoms with Crippen molar-refractivity contribution >= 4 is 68.9 Å². The van der Waals surface area contributed by atoms with Gasteiger partial charge >= 0.3 is 0 Å². The van der Waals surface area contributed by atoms with Crippen molar-refractivity contribution in [3.8, 4) is 5.00 Å². The van der Waals surface area contributed by atoms with Gasteiger partial charge in [-0.05, 0) is 88.4 Å². The van der Waals surface area contributed by atoms with Gasteiger partial charge in [0.1, 0.15) is 16.9 Å². The van der Waals surface area contributed by atoms with Crippen LogP contribution >= 0.6 is 22.9 Å². The lowest BCUT2D eigenvalue weighted by Crippen LogP contribution is -2.39. The second kappa shape index (κ2) is 18.6. The van der Waals surface area contributed by atoms with Crippen molar-refractivity contribution in [1.29, 1.82) is 0 Å². The number of piperidine rings is 1. The fourth-order valence-electron chi connectivity index (χ4n) is 7.77. The molecule has 59 heavy (non-hydrogen) atoms. The first kappa shape index (κ1) is 41.7. The quantitative estimate of drug-likeness (QED) is 0.0595. The summed E-state index contributed by atoms with van der Waals surface area (Å²) in [6.07, 6.45) is 6.86. The van der Waals surface area contributed by atoms with Gasteiger partial charge in [-0.3, -0.25) is 39.0 Å². The number of aliphatic imine (C=N–C) groups is 1. The molecule has 15 heteroatoms. The van der Waals surface area contributed by atoms with Crippen LogP contribution in [0.5, 0.6) is 0 Å². The van der Waals surface area contributed by atoms with E-state index in [9.17, 15) is 19.2 Å². The number of halogens is 1.